The second-order valence-corrected chi connectivity index (χ2v) is 51.2. The van der Waals surface area contributed by atoms with Crippen LogP contribution in [0, 0.1) is 11.8 Å². The van der Waals surface area contributed by atoms with E-state index in [1.165, 1.54) is 68.2 Å². The lowest BCUT2D eigenvalue weighted by Crippen LogP contribution is -2.63. The smallest absolute Gasteiger partial charge is 0.335 e. The largest absolute Gasteiger partial charge is 0.744 e. The molecule has 4 heterocycles. The van der Waals surface area contributed by atoms with Crippen molar-refractivity contribution in [1.82, 2.24) is 19.9 Å². The first-order valence-corrected chi connectivity index (χ1v) is 60.5. The van der Waals surface area contributed by atoms with Crippen LogP contribution in [0.5, 0.6) is 0 Å². The molecule has 32 nitrogen and oxygen atoms in total. The third-order valence-corrected chi connectivity index (χ3v) is 36.8. The van der Waals surface area contributed by atoms with Crippen LogP contribution in [0.2, 0.25) is 26.2 Å². The number of hydrogen-bond acceptors (Lipinski definition) is 27. The highest BCUT2D eigenvalue weighted by molar-refractivity contribution is 7.87. The number of fused-ring (bicyclic) bond motifs is 4. The van der Waals surface area contributed by atoms with Crippen molar-refractivity contribution in [3.8, 4) is 0 Å². The van der Waals surface area contributed by atoms with Crippen molar-refractivity contribution in [2.75, 3.05) is 125 Å². The van der Waals surface area contributed by atoms with E-state index in [0.717, 1.165) is 102 Å². The molecule has 145 heavy (non-hydrogen) atoms. The Kier molecular flexibility index (Phi) is 43.5. The number of aryl methyl sites for hydroxylation is 1. The Bertz CT molecular complexity index is 6610. The summed E-state index contributed by atoms with van der Waals surface area (Å²) in [5.41, 5.74) is 10.2. The van der Waals surface area contributed by atoms with E-state index >= 15 is 4.79 Å². The van der Waals surface area contributed by atoms with Crippen molar-refractivity contribution >= 4 is 136 Å². The molecule has 38 heteroatoms. The minimum absolute atomic E-state index is 0.0394. The number of anilines is 1. The summed E-state index contributed by atoms with van der Waals surface area (Å²) in [7, 11) is -17.6. The minimum Gasteiger partial charge on any atom is -0.744 e. The first-order chi connectivity index (χ1) is 68.6. The molecule has 7 aromatic carbocycles. The summed E-state index contributed by atoms with van der Waals surface area (Å²) in [5, 5.41) is 8.71. The van der Waals surface area contributed by atoms with E-state index in [2.05, 4.69) is 149 Å². The summed E-state index contributed by atoms with van der Waals surface area (Å²) in [4.78, 5) is 88.9. The van der Waals surface area contributed by atoms with Crippen LogP contribution in [0.15, 0.2) is 213 Å². The second-order valence-electron chi connectivity index (χ2n) is 37.1. The van der Waals surface area contributed by atoms with E-state index in [4.69, 9.17) is 38.1 Å². The first kappa shape index (κ1) is 118. The molecule has 0 atom stereocenters. The maximum absolute atomic E-state index is 15.1. The van der Waals surface area contributed by atoms with E-state index in [1.807, 2.05) is 87.1 Å². The molecule has 2 saturated heterocycles. The number of allylic oxidation sites excluding steroid dienone is 7. The number of carbonyl (C=O) groups is 6. The molecule has 4 aliphatic heterocycles. The number of rotatable bonds is 45. The highest BCUT2D eigenvalue weighted by Gasteiger charge is 2.43. The Hall–Kier alpha value is -10.9. The number of hydrogen-bond donors (Lipinski definition) is 0. The summed E-state index contributed by atoms with van der Waals surface area (Å²) in [6.45, 7) is 34.3. The Morgan fingerprint density at radius 3 is 1.30 bits per heavy atom. The van der Waals surface area contributed by atoms with Gasteiger partial charge in [0.05, 0.1) is 123 Å². The zero-order chi connectivity index (χ0) is 107. The van der Waals surface area contributed by atoms with Crippen molar-refractivity contribution in [3.05, 3.63) is 254 Å². The first-order valence-electron chi connectivity index (χ1n) is 48.8. The molecule has 4 amide bonds. The average molecular weight is 2110 g/mol. The van der Waals surface area contributed by atoms with Crippen LogP contribution in [0.1, 0.15) is 186 Å². The Labute approximate surface area is 856 Å². The van der Waals surface area contributed by atoms with Crippen LogP contribution in [-0.4, -0.2) is 254 Å². The van der Waals surface area contributed by atoms with Crippen LogP contribution < -0.4 is 30.9 Å². The topological polar surface area (TPSA) is 424 Å². The van der Waals surface area contributed by atoms with E-state index < -0.39 is 113 Å². The molecule has 0 aromatic heterocycles. The molecule has 0 spiro atoms. The Morgan fingerprint density at radius 1 is 0.476 bits per heavy atom. The molecule has 2 fully saturated rings. The quantitative estimate of drug-likeness (QED) is 0.0148. The second kappa shape index (κ2) is 53.6. The molecule has 5 aliphatic rings. The van der Waals surface area contributed by atoms with Crippen LogP contribution in [0.25, 0.3) is 17.2 Å². The van der Waals surface area contributed by atoms with Gasteiger partial charge in [0.2, 0.25) is 0 Å². The number of nitrogens with zero attached hydrogens (tertiary/aromatic N) is 6. The number of benzene rings is 7. The van der Waals surface area contributed by atoms with E-state index in [-0.39, 0.29) is 147 Å². The molecule has 7 aromatic rings. The van der Waals surface area contributed by atoms with E-state index in [9.17, 15) is 75.9 Å². The zero-order valence-corrected chi connectivity index (χ0v) is 91.2. The van der Waals surface area contributed by atoms with Crippen LogP contribution in [0.4, 0.5) is 5.69 Å². The average Bonchev–Trinajstić information content (AvgIpc) is 0.812. The maximum atomic E-state index is 15.1. The summed E-state index contributed by atoms with van der Waals surface area (Å²) in [6.07, 6.45) is 17.1. The highest BCUT2D eigenvalue weighted by atomic mass is 32.2. The standard InChI is InChI=1S/C47H56N4O13S2Si.C47H54N2O13S2Si.C7H16.C6H14/c1-32-12-19-44(52)51(32)64-45(53)20-22-61-24-26-63-27-25-62-23-21-50(31-33-13-16-36(65(55,56)57)30-41(33)66(58,59)60)47(54)38-11-9-8-10-37(38)46-39-17-14-34(48(2)3)28-42(39)67(6,7)43-29-35(49(4)5)15-18-40(43)46;1-6-33-13-17-39-42(28-33)65(4,5)43-29-34(7-2)14-18-40(43)46(39)37-10-8-9-11-38(37)47(52)48(31-35-15-16-36(63(53,54)55)30-41(35)64(56,57)58)21-23-60-25-27-61-26-24-59-22-20-45(51)62-49-32(3)12-19-44(49)50;1-4-7(5-2)6-3;1-4-6(3)5-2/h8-11,13-18,28-30H,1,12,19-27,31H2,2-7H3,(H-,55,56,57,58,59,60);6,8-11,13-18,28-30H,3,7,12,19-27,31H2,1-2,4-5H3,(H,53,54,55)(H,56,57,58);7H,4-6H2,1-3H3;6H,4-5H2,1-3H3/p-3/b;33-6+;;. The minimum atomic E-state index is -5.33. The molecule has 0 saturated carbocycles. The highest BCUT2D eigenvalue weighted by Crippen LogP contribution is 2.44. The van der Waals surface area contributed by atoms with Gasteiger partial charge in [-0.1, -0.05) is 217 Å². The van der Waals surface area contributed by atoms with Crippen molar-refractivity contribution in [1.29, 1.82) is 0 Å². The lowest BCUT2D eigenvalue weighted by atomic mass is 9.87. The molecule has 0 unspecified atom stereocenters. The number of carbonyl (C=O) groups excluding carboxylic acids is 6. The molecule has 12 rings (SSSR count). The van der Waals surface area contributed by atoms with Gasteiger partial charge in [-0.2, -0.15) is 0 Å². The molecular weight excluding hydrogens is 1970 g/mol. The van der Waals surface area contributed by atoms with Crippen molar-refractivity contribution in [3.63, 3.8) is 0 Å². The third kappa shape index (κ3) is 31.6. The molecule has 1 aliphatic carbocycles. The summed E-state index contributed by atoms with van der Waals surface area (Å²) in [5.74, 6) is -1.05. The van der Waals surface area contributed by atoms with Gasteiger partial charge >= 0.3 is 11.9 Å². The van der Waals surface area contributed by atoms with Gasteiger partial charge < -0.3 is 71.0 Å². The molecule has 786 valence electrons. The lowest BCUT2D eigenvalue weighted by molar-refractivity contribution is -0.462. The van der Waals surface area contributed by atoms with Crippen molar-refractivity contribution < 1.29 is 123 Å². The Balaban J connectivity index is 0.000000287. The maximum Gasteiger partial charge on any atom is 0.335 e. The van der Waals surface area contributed by atoms with E-state index in [1.54, 1.807) is 24.3 Å². The number of ether oxygens (including phenoxy) is 6. The normalized spacial score (nSPS) is 14.8. The molecule has 0 bridgehead atoms. The van der Waals surface area contributed by atoms with E-state index in [0.29, 0.717) is 53.1 Å². The number of hydroxylamine groups is 4. The van der Waals surface area contributed by atoms with Crippen molar-refractivity contribution in [2.24, 2.45) is 11.8 Å². The van der Waals surface area contributed by atoms with Crippen molar-refractivity contribution in [2.45, 2.75) is 191 Å². The SMILES string of the molecule is C=C1CCC(=O)N1OC(=O)CCOCCOCCOCCN(Cc1ccc(S(=O)(=O)[O-])cc1S(=O)(=O)[O-])C(=O)c1ccccc1C1=C2C=CC(=[N+](C)C)C=C2[Si](C)(C)c2cc(N(C)C)ccc21.C=C1CCC(=O)N1OC(=O)CCOCCOCCOCCN(Cc1ccc(S(=O)(=O)[O-])cc1S(=O)(=O)[O-])C(=O)c1ccccc1C1=c2cc/c(=C\C)cc2[Si](C)(C)c2cc(CC)ccc21.CCC(C)CC.CCC(CC)CC. The lowest BCUT2D eigenvalue weighted by Gasteiger charge is -2.38. The predicted molar refractivity (Wildman–Crippen MR) is 556 cm³/mol. The van der Waals surface area contributed by atoms with Crippen LogP contribution >= 0.6 is 0 Å². The van der Waals surface area contributed by atoms with Gasteiger partial charge in [-0.25, -0.2) is 47.8 Å². The van der Waals surface area contributed by atoms with Crippen LogP contribution in [-0.2, 0) is 117 Å². The monoisotopic (exact) mass is 2110 g/mol. The predicted octanol–water partition coefficient (Wildman–Crippen LogP) is 11.9. The summed E-state index contributed by atoms with van der Waals surface area (Å²) < 4.78 is 182. The van der Waals surface area contributed by atoms with Gasteiger partial charge in [0.15, 0.2) is 5.71 Å². The summed E-state index contributed by atoms with van der Waals surface area (Å²) >= 11 is 0. The molecule has 0 radical (unpaired) electrons. The van der Waals surface area contributed by atoms with Gasteiger partial charge in [-0.15, -0.1) is 10.1 Å². The third-order valence-electron chi connectivity index (χ3n) is 26.2. The fraction of sp³-hybridized carbons (Fsp3) is 0.430. The van der Waals surface area contributed by atoms with Crippen LogP contribution in [0.3, 0.4) is 0 Å². The van der Waals surface area contributed by atoms with Gasteiger partial charge in [-0.3, -0.25) is 19.2 Å². The van der Waals surface area contributed by atoms with Gasteiger partial charge in [0.1, 0.15) is 70.7 Å². The molecular formula is C107H137N6O26S4Si2-3. The number of amides is 4. The van der Waals surface area contributed by atoms with Gasteiger partial charge in [-0.05, 0) is 179 Å². The Morgan fingerprint density at radius 2 is 0.903 bits per heavy atom. The van der Waals surface area contributed by atoms with Gasteiger partial charge in [0, 0.05) is 82.1 Å². The molecule has 0 N–H and O–H groups in total. The van der Waals surface area contributed by atoms with Gasteiger partial charge in [0.25, 0.3) is 23.6 Å². The fourth-order valence-electron chi connectivity index (χ4n) is 17.1. The fourth-order valence-corrected chi connectivity index (χ4v) is 25.9. The zero-order valence-electron chi connectivity index (χ0n) is 85.9. The summed E-state index contributed by atoms with van der Waals surface area (Å²) in [6, 6.07) is 38.4.